The first-order chi connectivity index (χ1) is 36.2. The summed E-state index contributed by atoms with van der Waals surface area (Å²) in [5.74, 6) is -2.49. The molecular formula is C54H62ClFN8O12. The smallest absolute Gasteiger partial charge is 0.322 e. The Morgan fingerprint density at radius 2 is 0.947 bits per heavy atom. The number of aliphatic carboxylic acids is 2. The molecule has 6 N–H and O–H groups in total. The number of ether oxygens (including phenoxy) is 4. The van der Waals surface area contributed by atoms with E-state index in [4.69, 9.17) is 40.8 Å². The number of hydrogen-bond donors (Lipinski definition) is 6. The van der Waals surface area contributed by atoms with E-state index in [9.17, 15) is 33.2 Å². The second-order valence-corrected chi connectivity index (χ2v) is 18.5. The van der Waals surface area contributed by atoms with Gasteiger partial charge in [-0.25, -0.2) is 13.8 Å². The van der Waals surface area contributed by atoms with Gasteiger partial charge in [0.15, 0.2) is 11.4 Å². The summed E-state index contributed by atoms with van der Waals surface area (Å²) in [6, 6.07) is 25.4. The molecule has 0 aliphatic heterocycles. The van der Waals surface area contributed by atoms with E-state index in [2.05, 4.69) is 31.5 Å². The van der Waals surface area contributed by atoms with Gasteiger partial charge in [0, 0.05) is 29.9 Å². The molecule has 6 rings (SSSR count). The van der Waals surface area contributed by atoms with E-state index in [-0.39, 0.29) is 36.1 Å². The van der Waals surface area contributed by atoms with E-state index >= 15 is 0 Å². The van der Waals surface area contributed by atoms with Crippen LogP contribution >= 0.6 is 11.6 Å². The van der Waals surface area contributed by atoms with Gasteiger partial charge in [-0.3, -0.25) is 28.8 Å². The van der Waals surface area contributed by atoms with Crippen LogP contribution in [0.4, 0.5) is 4.39 Å². The maximum Gasteiger partial charge on any atom is 0.322 e. The Labute approximate surface area is 443 Å². The van der Waals surface area contributed by atoms with Gasteiger partial charge in [0.25, 0.3) is 11.8 Å². The monoisotopic (exact) mass is 1070 g/mol. The topological polar surface area (TPSA) is 264 Å². The van der Waals surface area contributed by atoms with E-state index in [1.165, 1.54) is 43.2 Å². The minimum absolute atomic E-state index is 0.0249. The summed E-state index contributed by atoms with van der Waals surface area (Å²) in [5.41, 5.74) is 3.26. The van der Waals surface area contributed by atoms with Gasteiger partial charge < -0.3 is 50.4 Å². The molecule has 0 spiro atoms. The number of carboxylic acid groups (broad SMARTS) is 2. The maximum absolute atomic E-state index is 14.1. The first-order valence-electron chi connectivity index (χ1n) is 24.0. The van der Waals surface area contributed by atoms with Crippen LogP contribution in [-0.2, 0) is 19.2 Å². The molecular weight excluding hydrogens is 1010 g/mol. The first-order valence-corrected chi connectivity index (χ1v) is 24.4. The molecule has 0 unspecified atom stereocenters. The van der Waals surface area contributed by atoms with Crippen molar-refractivity contribution in [2.75, 3.05) is 41.5 Å². The molecule has 0 aliphatic carbocycles. The van der Waals surface area contributed by atoms with Crippen LogP contribution in [0.2, 0.25) is 5.02 Å². The molecule has 22 heteroatoms. The van der Waals surface area contributed by atoms with Crippen molar-refractivity contribution in [2.24, 2.45) is 11.8 Å². The zero-order valence-electron chi connectivity index (χ0n) is 43.3. The van der Waals surface area contributed by atoms with Gasteiger partial charge in [0.05, 0.1) is 62.3 Å². The normalized spacial score (nSPS) is 11.6. The molecule has 0 aliphatic rings. The predicted octanol–water partition coefficient (Wildman–Crippen LogP) is 7.38. The summed E-state index contributed by atoms with van der Waals surface area (Å²) in [4.78, 5) is 72.8. The van der Waals surface area contributed by atoms with Crippen molar-refractivity contribution in [3.63, 3.8) is 0 Å². The van der Waals surface area contributed by atoms with Gasteiger partial charge in [-0.05, 0) is 104 Å². The average Bonchev–Trinajstić information content (AvgIpc) is 4.04. The number of nitrogens with one attached hydrogen (secondary N) is 4. The van der Waals surface area contributed by atoms with E-state index in [0.29, 0.717) is 74.8 Å². The Kier molecular flexibility index (Phi) is 21.3. The van der Waals surface area contributed by atoms with Crippen LogP contribution < -0.4 is 40.2 Å². The molecule has 4 aromatic carbocycles. The SMILES string of the molecule is COc1cccc(OC)c1-c1cc(C(=O)N[C@H](CC(=O)NCC(=O)O)CC(C)C)nn1-c1ccc(Cl)cc1.COc1cccc(OC)c1-c1cc(C(=O)N[C@H](CC(=O)NCC(=O)O)CC(C)C)nn1-c1cccc(F)c1. The highest BCUT2D eigenvalue weighted by molar-refractivity contribution is 6.30. The highest BCUT2D eigenvalue weighted by atomic mass is 35.5. The quantitative estimate of drug-likeness (QED) is 0.0346. The molecule has 0 radical (unpaired) electrons. The third-order valence-electron chi connectivity index (χ3n) is 11.3. The number of halogens is 2. The standard InChI is InChI=1S/C27H31ClN4O6.C27H31FN4O6/c1-16(2)12-18(13-24(33)29-15-25(34)35)30-27(36)20-14-21(26-22(37-3)6-5-7-23(26)38-4)32(31-20)19-10-8-17(28)9-11-19;1-16(2)11-18(13-24(33)29-15-25(34)35)30-27(36)20-14-21(26-22(37-3)9-6-10-23(26)38-4)32(31-20)19-8-5-7-17(28)12-19/h5-11,14,16,18H,12-13,15H2,1-4H3,(H,29,33)(H,30,36)(H,34,35);5-10,12,14,16,18H,11,13,15H2,1-4H3,(H,29,33)(H,30,36)(H,34,35)/t2*18-/m00/s1. The summed E-state index contributed by atoms with van der Waals surface area (Å²) < 4.78 is 39.4. The number of rotatable bonds is 24. The van der Waals surface area contributed by atoms with Crippen molar-refractivity contribution in [1.29, 1.82) is 0 Å². The highest BCUT2D eigenvalue weighted by Crippen LogP contribution is 2.41. The Hall–Kier alpha value is -8.46. The number of nitrogens with zero attached hydrogens (tertiary/aromatic N) is 4. The zero-order chi connectivity index (χ0) is 55.6. The van der Waals surface area contributed by atoms with E-state index in [1.54, 1.807) is 91.7 Å². The summed E-state index contributed by atoms with van der Waals surface area (Å²) in [5, 5.41) is 37.6. The van der Waals surface area contributed by atoms with Crippen LogP contribution in [0.3, 0.4) is 0 Å². The zero-order valence-corrected chi connectivity index (χ0v) is 44.1. The molecule has 2 atom stereocenters. The number of carbonyl (C=O) groups is 6. The van der Waals surface area contributed by atoms with Gasteiger partial charge in [-0.1, -0.05) is 57.5 Å². The number of methoxy groups -OCH3 is 4. The van der Waals surface area contributed by atoms with Crippen LogP contribution in [-0.4, -0.2) is 119 Å². The fraction of sp³-hybridized carbons (Fsp3) is 0.333. The summed E-state index contributed by atoms with van der Waals surface area (Å²) >= 11 is 6.09. The van der Waals surface area contributed by atoms with Crippen LogP contribution in [0, 0.1) is 17.7 Å². The number of carboxylic acids is 2. The Balaban J connectivity index is 0.000000281. The summed E-state index contributed by atoms with van der Waals surface area (Å²) in [6.45, 7) is 6.82. The fourth-order valence-corrected chi connectivity index (χ4v) is 8.24. The van der Waals surface area contributed by atoms with Gasteiger partial charge in [0.1, 0.15) is 41.9 Å². The lowest BCUT2D eigenvalue weighted by Crippen LogP contribution is -2.41. The molecule has 0 saturated carbocycles. The molecule has 6 aromatic rings. The molecule has 20 nitrogen and oxygen atoms in total. The van der Waals surface area contributed by atoms with Crippen molar-refractivity contribution < 1.29 is 62.3 Å². The molecule has 2 heterocycles. The number of carbonyl (C=O) groups excluding carboxylic acids is 4. The lowest BCUT2D eigenvalue weighted by molar-refractivity contribution is -0.138. The second kappa shape index (κ2) is 27.7. The Morgan fingerprint density at radius 3 is 1.30 bits per heavy atom. The van der Waals surface area contributed by atoms with Crippen molar-refractivity contribution in [3.8, 4) is 56.9 Å². The average molecular weight is 1070 g/mol. The molecule has 2 aromatic heterocycles. The van der Waals surface area contributed by atoms with Gasteiger partial charge in [-0.15, -0.1) is 0 Å². The Morgan fingerprint density at radius 1 is 0.566 bits per heavy atom. The van der Waals surface area contributed by atoms with E-state index in [1.807, 2.05) is 27.7 Å². The maximum atomic E-state index is 14.1. The van der Waals surface area contributed by atoms with Gasteiger partial charge >= 0.3 is 11.9 Å². The largest absolute Gasteiger partial charge is 0.496 e. The second-order valence-electron chi connectivity index (χ2n) is 18.0. The molecule has 404 valence electrons. The first kappa shape index (κ1) is 58.4. The number of aromatic nitrogens is 4. The fourth-order valence-electron chi connectivity index (χ4n) is 8.12. The van der Waals surface area contributed by atoms with Gasteiger partial charge in [-0.2, -0.15) is 10.2 Å². The van der Waals surface area contributed by atoms with Crippen molar-refractivity contribution in [3.05, 3.63) is 119 Å². The molecule has 0 saturated heterocycles. The van der Waals surface area contributed by atoms with Crippen LogP contribution in [0.15, 0.2) is 97.1 Å². The third-order valence-corrected chi connectivity index (χ3v) is 11.5. The molecule has 76 heavy (non-hydrogen) atoms. The Bertz CT molecular complexity index is 2950. The van der Waals surface area contributed by atoms with Crippen molar-refractivity contribution in [2.45, 2.75) is 65.5 Å². The lowest BCUT2D eigenvalue weighted by Gasteiger charge is -2.19. The molecule has 0 bridgehead atoms. The highest BCUT2D eigenvalue weighted by Gasteiger charge is 2.27. The van der Waals surface area contributed by atoms with Gasteiger partial charge in [0.2, 0.25) is 11.8 Å². The van der Waals surface area contributed by atoms with E-state index in [0.717, 1.165) is 0 Å². The molecule has 4 amide bonds. The van der Waals surface area contributed by atoms with Crippen LogP contribution in [0.1, 0.15) is 74.4 Å². The number of amides is 4. The summed E-state index contributed by atoms with van der Waals surface area (Å²) in [7, 11) is 6.09. The summed E-state index contributed by atoms with van der Waals surface area (Å²) in [6.07, 6.45) is 0.818. The van der Waals surface area contributed by atoms with Crippen LogP contribution in [0.25, 0.3) is 33.9 Å². The predicted molar refractivity (Wildman–Crippen MR) is 281 cm³/mol. The molecule has 0 fully saturated rings. The minimum Gasteiger partial charge on any atom is -0.496 e. The third kappa shape index (κ3) is 16.3. The van der Waals surface area contributed by atoms with Crippen LogP contribution in [0.5, 0.6) is 23.0 Å². The van der Waals surface area contributed by atoms with E-state index < -0.39 is 66.6 Å². The van der Waals surface area contributed by atoms with Crippen molar-refractivity contribution >= 4 is 47.2 Å². The number of hydrogen-bond acceptors (Lipinski definition) is 12. The number of benzene rings is 4. The lowest BCUT2D eigenvalue weighted by atomic mass is 10.0. The minimum atomic E-state index is -1.16. The van der Waals surface area contributed by atoms with Crippen molar-refractivity contribution in [1.82, 2.24) is 40.8 Å².